The molecular formula is C29H38F2N2O. The second-order valence-corrected chi connectivity index (χ2v) is 9.13. The molecule has 0 fully saturated rings. The molecule has 0 saturated heterocycles. The Morgan fingerprint density at radius 1 is 0.853 bits per heavy atom. The Labute approximate surface area is 203 Å². The van der Waals surface area contributed by atoms with Crippen LogP contribution >= 0.6 is 0 Å². The fourth-order valence-corrected chi connectivity index (χ4v) is 4.34. The summed E-state index contributed by atoms with van der Waals surface area (Å²) in [4.78, 5) is 8.92. The minimum atomic E-state index is -1.72. The first kappa shape index (κ1) is 26.2. The van der Waals surface area contributed by atoms with Gasteiger partial charge in [-0.25, -0.2) is 18.7 Å². The van der Waals surface area contributed by atoms with E-state index in [4.69, 9.17) is 4.74 Å². The molecule has 0 N–H and O–H groups in total. The zero-order valence-corrected chi connectivity index (χ0v) is 20.6. The van der Waals surface area contributed by atoms with E-state index in [1.807, 2.05) is 18.2 Å². The highest BCUT2D eigenvalue weighted by Crippen LogP contribution is 2.45. The van der Waals surface area contributed by atoms with Gasteiger partial charge in [-0.05, 0) is 36.5 Å². The number of halogens is 2. The van der Waals surface area contributed by atoms with Crippen molar-refractivity contribution in [3.8, 4) is 0 Å². The molecular weight excluding hydrogens is 430 g/mol. The van der Waals surface area contributed by atoms with Crippen LogP contribution in [-0.4, -0.2) is 16.6 Å². The monoisotopic (exact) mass is 468 g/mol. The Hall–Kier alpha value is -2.40. The first-order valence-electron chi connectivity index (χ1n) is 12.9. The highest BCUT2D eigenvalue weighted by molar-refractivity contribution is 5.43. The molecule has 0 saturated carbocycles. The molecule has 0 aliphatic heterocycles. The van der Waals surface area contributed by atoms with Gasteiger partial charge in [-0.15, -0.1) is 0 Å². The number of aromatic nitrogens is 2. The molecule has 0 amide bonds. The molecule has 5 heteroatoms. The molecule has 2 unspecified atom stereocenters. The zero-order valence-electron chi connectivity index (χ0n) is 20.6. The molecule has 0 bridgehead atoms. The Kier molecular flexibility index (Phi) is 10.4. The number of unbranched alkanes of at least 4 members (excludes halogenated alkanes) is 7. The van der Waals surface area contributed by atoms with E-state index in [0.717, 1.165) is 44.1 Å². The second-order valence-electron chi connectivity index (χ2n) is 9.13. The molecule has 1 aromatic heterocycles. The summed E-state index contributed by atoms with van der Waals surface area (Å²) in [5, 5.41) is 0. The number of benzene rings is 1. The maximum atomic E-state index is 15.8. The normalized spacial score (nSPS) is 20.2. The molecule has 2 atom stereocenters. The van der Waals surface area contributed by atoms with Crippen LogP contribution < -0.4 is 0 Å². The molecule has 1 aliphatic carbocycles. The van der Waals surface area contributed by atoms with Crippen molar-refractivity contribution < 1.29 is 13.5 Å². The van der Waals surface area contributed by atoms with Crippen LogP contribution in [0.2, 0.25) is 0 Å². The van der Waals surface area contributed by atoms with Gasteiger partial charge in [-0.2, -0.15) is 0 Å². The van der Waals surface area contributed by atoms with Gasteiger partial charge in [-0.1, -0.05) is 95.2 Å². The predicted octanol–water partition coefficient (Wildman–Crippen LogP) is 8.29. The van der Waals surface area contributed by atoms with Gasteiger partial charge < -0.3 is 4.74 Å². The van der Waals surface area contributed by atoms with Crippen LogP contribution in [0, 0.1) is 0 Å². The van der Waals surface area contributed by atoms with Crippen LogP contribution in [0.15, 0.2) is 66.5 Å². The Morgan fingerprint density at radius 2 is 1.50 bits per heavy atom. The first-order valence-corrected chi connectivity index (χ1v) is 12.9. The van der Waals surface area contributed by atoms with Crippen LogP contribution in [0.5, 0.6) is 0 Å². The van der Waals surface area contributed by atoms with E-state index in [0.29, 0.717) is 12.2 Å². The van der Waals surface area contributed by atoms with Crippen molar-refractivity contribution in [1.82, 2.24) is 9.97 Å². The first-order chi connectivity index (χ1) is 16.6. The van der Waals surface area contributed by atoms with Gasteiger partial charge in [0.15, 0.2) is 17.3 Å². The summed E-state index contributed by atoms with van der Waals surface area (Å²) in [5.74, 6) is -2.42. The van der Waals surface area contributed by atoms with Gasteiger partial charge in [0.05, 0.1) is 5.92 Å². The summed E-state index contributed by atoms with van der Waals surface area (Å²) in [6.45, 7) is 4.64. The number of hydrogen-bond acceptors (Lipinski definition) is 3. The van der Waals surface area contributed by atoms with Gasteiger partial charge >= 0.3 is 0 Å². The third-order valence-corrected chi connectivity index (χ3v) is 6.43. The van der Waals surface area contributed by atoms with Crippen LogP contribution in [0.3, 0.4) is 0 Å². The van der Waals surface area contributed by atoms with Crippen molar-refractivity contribution in [2.45, 2.75) is 89.6 Å². The van der Waals surface area contributed by atoms with Crippen LogP contribution in [0.1, 0.15) is 94.5 Å². The fraction of sp³-hybridized carbons (Fsp3) is 0.517. The standard InChI is InChI=1S/C29H38F2N2O/c1-3-5-7-9-11-15-23-21-32-28(33-22-23)29(34-20-14-8-6-4-2)19-18-25(26(30)27(29)31)24-16-12-10-13-17-24/h10,12-13,16-19,21-22,25H,3-9,11,14-15,20H2,1-2H3. The molecule has 0 radical (unpaired) electrons. The largest absolute Gasteiger partial charge is 0.356 e. The van der Waals surface area contributed by atoms with E-state index in [9.17, 15) is 0 Å². The van der Waals surface area contributed by atoms with Crippen molar-refractivity contribution in [1.29, 1.82) is 0 Å². The van der Waals surface area contributed by atoms with Crippen LogP contribution in [0.4, 0.5) is 8.78 Å². The van der Waals surface area contributed by atoms with Gasteiger partial charge in [0.1, 0.15) is 5.83 Å². The summed E-state index contributed by atoms with van der Waals surface area (Å²) < 4.78 is 37.2. The minimum Gasteiger partial charge on any atom is -0.356 e. The van der Waals surface area contributed by atoms with E-state index in [-0.39, 0.29) is 5.82 Å². The average molecular weight is 469 g/mol. The van der Waals surface area contributed by atoms with Crippen LogP contribution in [-0.2, 0) is 16.8 Å². The zero-order chi connectivity index (χ0) is 24.2. The maximum absolute atomic E-state index is 15.8. The number of ether oxygens (including phenoxy) is 1. The third-order valence-electron chi connectivity index (χ3n) is 6.43. The number of hydrogen-bond donors (Lipinski definition) is 0. The van der Waals surface area contributed by atoms with Gasteiger partial charge in [0.25, 0.3) is 0 Å². The third kappa shape index (κ3) is 6.59. The Morgan fingerprint density at radius 3 is 2.18 bits per heavy atom. The number of allylic oxidation sites excluding steroid dienone is 2. The molecule has 1 aromatic carbocycles. The van der Waals surface area contributed by atoms with Crippen molar-refractivity contribution >= 4 is 0 Å². The summed E-state index contributed by atoms with van der Waals surface area (Å²) in [6, 6.07) is 9.10. The van der Waals surface area contributed by atoms with Crippen molar-refractivity contribution in [3.05, 3.63) is 83.5 Å². The quantitative estimate of drug-likeness (QED) is 0.207. The number of nitrogens with zero attached hydrogens (tertiary/aromatic N) is 2. The SMILES string of the molecule is CCCCCCCc1cnc(C2(OCCCCCC)C=CC(c3ccccc3)C(F)=C2F)nc1. The Balaban J connectivity index is 1.81. The van der Waals surface area contributed by atoms with E-state index < -0.39 is 23.2 Å². The van der Waals surface area contributed by atoms with E-state index in [1.165, 1.54) is 25.7 Å². The lowest BCUT2D eigenvalue weighted by Crippen LogP contribution is -2.34. The lowest BCUT2D eigenvalue weighted by molar-refractivity contribution is -0.0131. The molecule has 3 rings (SSSR count). The molecule has 0 spiro atoms. The van der Waals surface area contributed by atoms with Gasteiger partial charge in [-0.3, -0.25) is 0 Å². The predicted molar refractivity (Wildman–Crippen MR) is 134 cm³/mol. The van der Waals surface area contributed by atoms with Crippen molar-refractivity contribution in [2.24, 2.45) is 0 Å². The topological polar surface area (TPSA) is 35.0 Å². The Bertz CT molecular complexity index is 927. The molecule has 3 nitrogen and oxygen atoms in total. The lowest BCUT2D eigenvalue weighted by Gasteiger charge is -2.32. The van der Waals surface area contributed by atoms with E-state index in [2.05, 4.69) is 23.8 Å². The summed E-state index contributed by atoms with van der Waals surface area (Å²) in [7, 11) is 0. The fourth-order valence-electron chi connectivity index (χ4n) is 4.34. The summed E-state index contributed by atoms with van der Waals surface area (Å²) in [6.07, 6.45) is 17.5. The number of aryl methyl sites for hydroxylation is 1. The van der Waals surface area contributed by atoms with Gasteiger partial charge in [0, 0.05) is 19.0 Å². The van der Waals surface area contributed by atoms with Crippen LogP contribution in [0.25, 0.3) is 0 Å². The number of rotatable bonds is 14. The molecule has 1 aliphatic rings. The second kappa shape index (κ2) is 13.5. The molecule has 2 aromatic rings. The minimum absolute atomic E-state index is 0.146. The smallest absolute Gasteiger partial charge is 0.199 e. The van der Waals surface area contributed by atoms with Gasteiger partial charge in [0.2, 0.25) is 0 Å². The molecule has 34 heavy (non-hydrogen) atoms. The summed E-state index contributed by atoms with van der Waals surface area (Å²) >= 11 is 0. The molecule has 184 valence electrons. The maximum Gasteiger partial charge on any atom is 0.199 e. The highest BCUT2D eigenvalue weighted by atomic mass is 19.2. The van der Waals surface area contributed by atoms with Crippen molar-refractivity contribution in [3.63, 3.8) is 0 Å². The van der Waals surface area contributed by atoms with E-state index in [1.54, 1.807) is 36.7 Å². The van der Waals surface area contributed by atoms with Crippen molar-refractivity contribution in [2.75, 3.05) is 6.61 Å². The summed E-state index contributed by atoms with van der Waals surface area (Å²) in [5.41, 5.74) is -0.0197. The molecule has 1 heterocycles. The average Bonchev–Trinajstić information content (AvgIpc) is 2.87. The highest BCUT2D eigenvalue weighted by Gasteiger charge is 2.45. The van der Waals surface area contributed by atoms with E-state index >= 15 is 8.78 Å². The lowest BCUT2D eigenvalue weighted by atomic mass is 9.85.